The number of phenolic OH excluding ortho intramolecular Hbond substituents is 1. The number of methoxy groups -OCH3 is 1. The number of benzene rings is 3. The van der Waals surface area contributed by atoms with Gasteiger partial charge in [-0.1, -0.05) is 24.3 Å². The quantitative estimate of drug-likeness (QED) is 0.389. The summed E-state index contributed by atoms with van der Waals surface area (Å²) in [5.41, 5.74) is 2.82. The predicted molar refractivity (Wildman–Crippen MR) is 115 cm³/mol. The molecule has 154 valence electrons. The number of fused-ring (bicyclic) bond motifs is 3. The first kappa shape index (κ1) is 18.9. The molecule has 4 aromatic rings. The van der Waals surface area contributed by atoms with Crippen LogP contribution in [-0.2, 0) is 4.79 Å². The molecule has 1 aliphatic rings. The van der Waals surface area contributed by atoms with Crippen LogP contribution in [0.4, 0.5) is 0 Å². The highest BCUT2D eigenvalue weighted by atomic mass is 16.5. The largest absolute Gasteiger partial charge is 0.508 e. The van der Waals surface area contributed by atoms with Gasteiger partial charge in [0.05, 0.1) is 24.5 Å². The molecule has 6 nitrogen and oxygen atoms in total. The lowest BCUT2D eigenvalue weighted by Gasteiger charge is -2.25. The Balaban J connectivity index is 1.70. The molecule has 0 bridgehead atoms. The van der Waals surface area contributed by atoms with E-state index in [2.05, 4.69) is 0 Å². The monoisotopic (exact) mass is 414 g/mol. The molecule has 0 fully saturated rings. The number of carbonyl (C=O) groups is 1. The molecule has 1 atom stereocenters. The fourth-order valence-electron chi connectivity index (χ4n) is 4.02. The normalized spacial score (nSPS) is 15.4. The van der Waals surface area contributed by atoms with Gasteiger partial charge in [-0.05, 0) is 47.5 Å². The zero-order valence-corrected chi connectivity index (χ0v) is 16.6. The van der Waals surface area contributed by atoms with Crippen molar-refractivity contribution >= 4 is 16.9 Å². The molecular formula is C25H18O6. The van der Waals surface area contributed by atoms with Crippen molar-refractivity contribution < 1.29 is 23.8 Å². The van der Waals surface area contributed by atoms with E-state index < -0.39 is 0 Å². The van der Waals surface area contributed by atoms with Crippen molar-refractivity contribution in [3.8, 4) is 28.4 Å². The molecule has 3 aromatic carbocycles. The van der Waals surface area contributed by atoms with Gasteiger partial charge in [0, 0.05) is 11.5 Å². The molecule has 0 amide bonds. The van der Waals surface area contributed by atoms with Crippen LogP contribution in [0.25, 0.3) is 22.1 Å². The topological polar surface area (TPSA) is 86.0 Å². The van der Waals surface area contributed by atoms with E-state index in [1.54, 1.807) is 31.4 Å². The van der Waals surface area contributed by atoms with Crippen LogP contribution in [0.3, 0.4) is 0 Å². The van der Waals surface area contributed by atoms with Crippen LogP contribution in [-0.4, -0.2) is 18.2 Å². The van der Waals surface area contributed by atoms with Crippen LogP contribution in [0, 0.1) is 0 Å². The zero-order chi connectivity index (χ0) is 21.5. The minimum Gasteiger partial charge on any atom is -0.508 e. The molecule has 0 spiro atoms. The fourth-order valence-corrected chi connectivity index (χ4v) is 4.02. The van der Waals surface area contributed by atoms with Gasteiger partial charge < -0.3 is 19.0 Å². The third kappa shape index (κ3) is 3.22. The number of ether oxygens (including phenoxy) is 2. The molecule has 5 rings (SSSR count). The maximum absolute atomic E-state index is 13.2. The van der Waals surface area contributed by atoms with Crippen LogP contribution >= 0.6 is 0 Å². The number of rotatable bonds is 3. The molecule has 2 heterocycles. The van der Waals surface area contributed by atoms with E-state index in [-0.39, 0.29) is 29.5 Å². The average Bonchev–Trinajstić information content (AvgIpc) is 2.79. The van der Waals surface area contributed by atoms with E-state index in [1.807, 2.05) is 24.3 Å². The Morgan fingerprint density at radius 2 is 1.71 bits per heavy atom. The van der Waals surface area contributed by atoms with Gasteiger partial charge in [-0.15, -0.1) is 0 Å². The van der Waals surface area contributed by atoms with Crippen molar-refractivity contribution in [1.82, 2.24) is 0 Å². The standard InChI is InChI=1S/C25H18O6/c1-29-17-8-4-14(5-9-17)19-12-22(27)31-21-11-10-18-24(28)20(13-30-25(18)23(19)21)15-2-6-16(26)7-3-15/h2-11,13,19,26H,12H2,1H3/t19-/m1/s1. The summed E-state index contributed by atoms with van der Waals surface area (Å²) in [4.78, 5) is 25.5. The van der Waals surface area contributed by atoms with Crippen LogP contribution in [0.2, 0.25) is 0 Å². The first-order valence-electron chi connectivity index (χ1n) is 9.77. The lowest BCUT2D eigenvalue weighted by atomic mass is 9.85. The third-order valence-corrected chi connectivity index (χ3v) is 5.58. The van der Waals surface area contributed by atoms with Gasteiger partial charge in [-0.25, -0.2) is 0 Å². The molecule has 0 aliphatic carbocycles. The maximum atomic E-state index is 13.2. The summed E-state index contributed by atoms with van der Waals surface area (Å²) < 4.78 is 16.6. The molecule has 0 radical (unpaired) electrons. The minimum absolute atomic E-state index is 0.118. The summed E-state index contributed by atoms with van der Waals surface area (Å²) in [6.07, 6.45) is 1.56. The van der Waals surface area contributed by atoms with Crippen molar-refractivity contribution in [3.63, 3.8) is 0 Å². The molecule has 1 aliphatic heterocycles. The number of hydrogen-bond acceptors (Lipinski definition) is 6. The van der Waals surface area contributed by atoms with Gasteiger partial charge >= 0.3 is 5.97 Å². The Hall–Kier alpha value is -4.06. The molecule has 0 unspecified atom stereocenters. The van der Waals surface area contributed by atoms with E-state index in [1.165, 1.54) is 18.4 Å². The lowest BCUT2D eigenvalue weighted by Crippen LogP contribution is -2.22. The lowest BCUT2D eigenvalue weighted by molar-refractivity contribution is -0.135. The van der Waals surface area contributed by atoms with E-state index >= 15 is 0 Å². The first-order chi connectivity index (χ1) is 15.0. The summed E-state index contributed by atoms with van der Waals surface area (Å²) >= 11 is 0. The van der Waals surface area contributed by atoms with Crippen molar-refractivity contribution in [3.05, 3.63) is 88.3 Å². The Labute approximate surface area is 177 Å². The summed E-state index contributed by atoms with van der Waals surface area (Å²) in [7, 11) is 1.59. The fraction of sp³-hybridized carbons (Fsp3) is 0.120. The molecule has 1 aromatic heterocycles. The SMILES string of the molecule is COc1ccc([C@H]2CC(=O)Oc3ccc4c(=O)c(-c5ccc(O)cc5)coc4c32)cc1. The van der Waals surface area contributed by atoms with Gasteiger partial charge in [0.25, 0.3) is 0 Å². The van der Waals surface area contributed by atoms with Crippen molar-refractivity contribution in [2.75, 3.05) is 7.11 Å². The van der Waals surface area contributed by atoms with E-state index in [4.69, 9.17) is 13.9 Å². The van der Waals surface area contributed by atoms with E-state index in [0.29, 0.717) is 39.2 Å². The number of esters is 1. The van der Waals surface area contributed by atoms with Gasteiger partial charge in [-0.2, -0.15) is 0 Å². The van der Waals surface area contributed by atoms with Gasteiger partial charge in [0.15, 0.2) is 0 Å². The second kappa shape index (κ2) is 7.32. The van der Waals surface area contributed by atoms with Gasteiger partial charge in [0.1, 0.15) is 29.1 Å². The first-order valence-corrected chi connectivity index (χ1v) is 9.77. The Kier molecular flexibility index (Phi) is 4.47. The highest BCUT2D eigenvalue weighted by molar-refractivity contribution is 5.90. The second-order valence-corrected chi connectivity index (χ2v) is 7.38. The molecule has 31 heavy (non-hydrogen) atoms. The number of hydrogen-bond donors (Lipinski definition) is 1. The highest BCUT2D eigenvalue weighted by Gasteiger charge is 2.32. The van der Waals surface area contributed by atoms with Crippen LogP contribution in [0.1, 0.15) is 23.5 Å². The summed E-state index contributed by atoms with van der Waals surface area (Å²) in [6.45, 7) is 0. The van der Waals surface area contributed by atoms with Crippen molar-refractivity contribution in [1.29, 1.82) is 0 Å². The molecule has 0 saturated carbocycles. The highest BCUT2D eigenvalue weighted by Crippen LogP contribution is 2.43. The Morgan fingerprint density at radius 1 is 0.968 bits per heavy atom. The smallest absolute Gasteiger partial charge is 0.312 e. The van der Waals surface area contributed by atoms with Gasteiger partial charge in [-0.3, -0.25) is 9.59 Å². The van der Waals surface area contributed by atoms with Crippen molar-refractivity contribution in [2.24, 2.45) is 0 Å². The maximum Gasteiger partial charge on any atom is 0.312 e. The predicted octanol–water partition coefficient (Wildman–Crippen LogP) is 4.62. The number of carbonyl (C=O) groups excluding carboxylic acids is 1. The van der Waals surface area contributed by atoms with Gasteiger partial charge in [0.2, 0.25) is 5.43 Å². The summed E-state index contributed by atoms with van der Waals surface area (Å²) in [5, 5.41) is 9.92. The van der Waals surface area contributed by atoms with E-state index in [0.717, 1.165) is 5.56 Å². The minimum atomic E-state index is -0.337. The number of phenols is 1. The Bertz CT molecular complexity index is 1350. The van der Waals surface area contributed by atoms with Crippen molar-refractivity contribution in [2.45, 2.75) is 12.3 Å². The number of aromatic hydroxyl groups is 1. The summed E-state index contributed by atoms with van der Waals surface area (Å²) in [5.74, 6) is 0.576. The van der Waals surface area contributed by atoms with E-state index in [9.17, 15) is 14.7 Å². The average molecular weight is 414 g/mol. The Morgan fingerprint density at radius 3 is 2.42 bits per heavy atom. The summed E-state index contributed by atoms with van der Waals surface area (Å²) in [6, 6.07) is 17.1. The third-order valence-electron chi connectivity index (χ3n) is 5.58. The molecular weight excluding hydrogens is 396 g/mol. The molecule has 6 heteroatoms. The molecule has 0 saturated heterocycles. The molecule has 1 N–H and O–H groups in total. The van der Waals surface area contributed by atoms with Crippen LogP contribution in [0.15, 0.2) is 76.1 Å². The second-order valence-electron chi connectivity index (χ2n) is 7.38. The van der Waals surface area contributed by atoms with Crippen LogP contribution < -0.4 is 14.9 Å². The van der Waals surface area contributed by atoms with Crippen LogP contribution in [0.5, 0.6) is 17.2 Å². The zero-order valence-electron chi connectivity index (χ0n) is 16.6.